The van der Waals surface area contributed by atoms with Crippen molar-refractivity contribution in [3.63, 3.8) is 0 Å². The number of carbonyl (C=O) groups is 1. The van der Waals surface area contributed by atoms with Crippen LogP contribution in [0.5, 0.6) is 0 Å². The van der Waals surface area contributed by atoms with Crippen molar-refractivity contribution in [3.8, 4) is 0 Å². The highest BCUT2D eigenvalue weighted by Crippen LogP contribution is 2.34. The van der Waals surface area contributed by atoms with Crippen molar-refractivity contribution in [1.29, 1.82) is 0 Å². The van der Waals surface area contributed by atoms with Gasteiger partial charge in [-0.15, -0.1) is 0 Å². The standard InChI is InChI=1S/C18H29N5O5/c1-4-27-18(24)14-6-9-22(10-7-14)17-15(23(25)26)16(20-12-21-17)19-8-5-11-28-13(2)3/h12-14H,4-11H2,1-3H3,(H,19,20,21). The summed E-state index contributed by atoms with van der Waals surface area (Å²) in [5, 5.41) is 14.7. The minimum absolute atomic E-state index is 0.137. The molecule has 0 aliphatic carbocycles. The molecule has 0 unspecified atom stereocenters. The summed E-state index contributed by atoms with van der Waals surface area (Å²) in [6, 6.07) is 0. The Kier molecular flexibility index (Phi) is 8.37. The monoisotopic (exact) mass is 395 g/mol. The number of anilines is 2. The molecule has 0 spiro atoms. The molecule has 156 valence electrons. The molecule has 2 rings (SSSR count). The lowest BCUT2D eigenvalue weighted by atomic mass is 9.97. The molecule has 2 heterocycles. The smallest absolute Gasteiger partial charge is 0.353 e. The molecule has 0 aromatic carbocycles. The molecule has 28 heavy (non-hydrogen) atoms. The minimum Gasteiger partial charge on any atom is -0.466 e. The number of nitrogens with one attached hydrogen (secondary N) is 1. The van der Waals surface area contributed by atoms with Crippen LogP contribution >= 0.6 is 0 Å². The third-order valence-electron chi connectivity index (χ3n) is 4.46. The Morgan fingerprint density at radius 2 is 2.11 bits per heavy atom. The Morgan fingerprint density at radius 1 is 1.39 bits per heavy atom. The van der Waals surface area contributed by atoms with Crippen LogP contribution in [0.4, 0.5) is 17.3 Å². The van der Waals surface area contributed by atoms with Gasteiger partial charge in [0.05, 0.1) is 23.6 Å². The van der Waals surface area contributed by atoms with Gasteiger partial charge >= 0.3 is 11.7 Å². The first-order valence-electron chi connectivity index (χ1n) is 9.70. The second-order valence-electron chi connectivity index (χ2n) is 6.86. The maximum absolute atomic E-state index is 11.9. The number of esters is 1. The summed E-state index contributed by atoms with van der Waals surface area (Å²) in [7, 11) is 0. The van der Waals surface area contributed by atoms with Crippen LogP contribution in [0.1, 0.15) is 40.0 Å². The summed E-state index contributed by atoms with van der Waals surface area (Å²) in [6.45, 7) is 8.13. The zero-order chi connectivity index (χ0) is 20.5. The molecular weight excluding hydrogens is 366 g/mol. The number of hydrogen-bond donors (Lipinski definition) is 1. The number of nitrogens with zero attached hydrogens (tertiary/aromatic N) is 4. The Bertz CT molecular complexity index is 662. The van der Waals surface area contributed by atoms with Gasteiger partial charge in [0.15, 0.2) is 0 Å². The number of rotatable bonds is 10. The van der Waals surface area contributed by atoms with E-state index in [2.05, 4.69) is 15.3 Å². The predicted octanol–water partition coefficient (Wildman–Crippen LogP) is 2.39. The van der Waals surface area contributed by atoms with E-state index in [1.807, 2.05) is 18.7 Å². The summed E-state index contributed by atoms with van der Waals surface area (Å²) in [5.41, 5.74) is -0.137. The van der Waals surface area contributed by atoms with Crippen molar-refractivity contribution in [1.82, 2.24) is 9.97 Å². The second kappa shape index (κ2) is 10.7. The molecule has 1 saturated heterocycles. The maximum atomic E-state index is 11.9. The van der Waals surface area contributed by atoms with Crippen molar-refractivity contribution in [3.05, 3.63) is 16.4 Å². The zero-order valence-corrected chi connectivity index (χ0v) is 16.7. The van der Waals surface area contributed by atoms with Gasteiger partial charge in [-0.3, -0.25) is 14.9 Å². The van der Waals surface area contributed by atoms with E-state index >= 15 is 0 Å². The van der Waals surface area contributed by atoms with E-state index in [-0.39, 0.29) is 35.3 Å². The van der Waals surface area contributed by atoms with Gasteiger partial charge in [-0.1, -0.05) is 0 Å². The fraction of sp³-hybridized carbons (Fsp3) is 0.722. The molecule has 0 radical (unpaired) electrons. The number of nitro groups is 1. The van der Waals surface area contributed by atoms with Crippen LogP contribution < -0.4 is 10.2 Å². The lowest BCUT2D eigenvalue weighted by Crippen LogP contribution is -2.37. The van der Waals surface area contributed by atoms with E-state index in [0.29, 0.717) is 52.1 Å². The van der Waals surface area contributed by atoms with Gasteiger partial charge in [-0.2, -0.15) is 0 Å². The van der Waals surface area contributed by atoms with Crippen LogP contribution in [-0.2, 0) is 14.3 Å². The van der Waals surface area contributed by atoms with Crippen molar-refractivity contribution >= 4 is 23.3 Å². The average molecular weight is 395 g/mol. The van der Waals surface area contributed by atoms with Gasteiger partial charge in [0.1, 0.15) is 6.33 Å². The molecule has 1 aliphatic rings. The van der Waals surface area contributed by atoms with Crippen LogP contribution in [0.2, 0.25) is 0 Å². The molecule has 1 aliphatic heterocycles. The summed E-state index contributed by atoms with van der Waals surface area (Å²) in [4.78, 5) is 33.1. The fourth-order valence-electron chi connectivity index (χ4n) is 3.08. The Labute approximate surface area is 164 Å². The molecule has 1 fully saturated rings. The van der Waals surface area contributed by atoms with Crippen molar-refractivity contribution in [2.24, 2.45) is 5.92 Å². The first kappa shape index (κ1) is 21.8. The van der Waals surface area contributed by atoms with Gasteiger partial charge in [0, 0.05) is 26.2 Å². The molecule has 0 atom stereocenters. The lowest BCUT2D eigenvalue weighted by molar-refractivity contribution is -0.383. The molecule has 1 N–H and O–H groups in total. The molecule has 0 bridgehead atoms. The zero-order valence-electron chi connectivity index (χ0n) is 16.7. The van der Waals surface area contributed by atoms with E-state index in [1.165, 1.54) is 6.33 Å². The van der Waals surface area contributed by atoms with Crippen LogP contribution in [0, 0.1) is 16.0 Å². The van der Waals surface area contributed by atoms with Crippen molar-refractivity contribution in [2.75, 3.05) is 43.1 Å². The summed E-state index contributed by atoms with van der Waals surface area (Å²) in [6.07, 6.45) is 3.34. The first-order valence-corrected chi connectivity index (χ1v) is 9.70. The molecule has 10 heteroatoms. The van der Waals surface area contributed by atoms with Crippen LogP contribution in [0.15, 0.2) is 6.33 Å². The van der Waals surface area contributed by atoms with Crippen LogP contribution in [-0.4, -0.2) is 59.8 Å². The number of ether oxygens (including phenoxy) is 2. The Balaban J connectivity index is 2.02. The second-order valence-corrected chi connectivity index (χ2v) is 6.86. The third-order valence-corrected chi connectivity index (χ3v) is 4.46. The molecular formula is C18H29N5O5. The molecule has 0 saturated carbocycles. The number of piperidine rings is 1. The van der Waals surface area contributed by atoms with E-state index in [4.69, 9.17) is 9.47 Å². The van der Waals surface area contributed by atoms with Crippen LogP contribution in [0.25, 0.3) is 0 Å². The van der Waals surface area contributed by atoms with E-state index in [9.17, 15) is 14.9 Å². The number of aromatic nitrogens is 2. The van der Waals surface area contributed by atoms with E-state index in [0.717, 1.165) is 0 Å². The fourth-order valence-corrected chi connectivity index (χ4v) is 3.08. The highest BCUT2D eigenvalue weighted by atomic mass is 16.6. The predicted molar refractivity (Wildman–Crippen MR) is 104 cm³/mol. The average Bonchev–Trinajstić information content (AvgIpc) is 2.67. The maximum Gasteiger partial charge on any atom is 0.353 e. The minimum atomic E-state index is -0.459. The van der Waals surface area contributed by atoms with E-state index in [1.54, 1.807) is 6.92 Å². The van der Waals surface area contributed by atoms with E-state index < -0.39 is 4.92 Å². The molecule has 1 aromatic heterocycles. The van der Waals surface area contributed by atoms with Gasteiger partial charge < -0.3 is 19.7 Å². The van der Waals surface area contributed by atoms with Crippen LogP contribution in [0.3, 0.4) is 0 Å². The highest BCUT2D eigenvalue weighted by Gasteiger charge is 2.32. The van der Waals surface area contributed by atoms with Crippen molar-refractivity contribution in [2.45, 2.75) is 46.1 Å². The SMILES string of the molecule is CCOC(=O)C1CCN(c2ncnc(NCCCOC(C)C)c2[N+](=O)[O-])CC1. The number of hydrogen-bond acceptors (Lipinski definition) is 9. The van der Waals surface area contributed by atoms with Gasteiger partial charge in [-0.25, -0.2) is 9.97 Å². The largest absolute Gasteiger partial charge is 0.466 e. The lowest BCUT2D eigenvalue weighted by Gasteiger charge is -2.31. The normalized spacial score (nSPS) is 14.9. The first-order chi connectivity index (χ1) is 13.4. The highest BCUT2D eigenvalue weighted by molar-refractivity contribution is 5.74. The Morgan fingerprint density at radius 3 is 2.71 bits per heavy atom. The summed E-state index contributed by atoms with van der Waals surface area (Å²) < 4.78 is 10.5. The topological polar surface area (TPSA) is 120 Å². The third kappa shape index (κ3) is 6.01. The number of carbonyl (C=O) groups excluding carboxylic acids is 1. The van der Waals surface area contributed by atoms with Gasteiger partial charge in [0.25, 0.3) is 0 Å². The molecule has 0 amide bonds. The quantitative estimate of drug-likeness (QED) is 0.275. The Hall–Kier alpha value is -2.49. The summed E-state index contributed by atoms with van der Waals surface area (Å²) in [5.74, 6) is 0.108. The molecule has 10 nitrogen and oxygen atoms in total. The van der Waals surface area contributed by atoms with Gasteiger partial charge in [-0.05, 0) is 40.0 Å². The van der Waals surface area contributed by atoms with Crippen molar-refractivity contribution < 1.29 is 19.2 Å². The molecule has 1 aromatic rings. The summed E-state index contributed by atoms with van der Waals surface area (Å²) >= 11 is 0. The van der Waals surface area contributed by atoms with Gasteiger partial charge in [0.2, 0.25) is 11.6 Å².